The van der Waals surface area contributed by atoms with Crippen molar-refractivity contribution in [1.82, 2.24) is 14.8 Å². The van der Waals surface area contributed by atoms with Crippen LogP contribution in [0.1, 0.15) is 6.92 Å². The molecule has 0 spiro atoms. The van der Waals surface area contributed by atoms with Crippen molar-refractivity contribution in [2.24, 2.45) is 0 Å². The third kappa shape index (κ3) is 2.37. The summed E-state index contributed by atoms with van der Waals surface area (Å²) in [7, 11) is 0. The molecule has 38 valence electrons. The molecular formula is C4H6KN3. The van der Waals surface area contributed by atoms with Crippen LogP contribution in [0.3, 0.4) is 0 Å². The van der Waals surface area contributed by atoms with Gasteiger partial charge in [0.15, 0.2) is 0 Å². The topological polar surface area (TPSA) is 30.7 Å². The van der Waals surface area contributed by atoms with Gasteiger partial charge in [-0.1, -0.05) is 0 Å². The number of nitrogens with zero attached hydrogens (tertiary/aromatic N) is 3. The first-order valence-corrected chi connectivity index (χ1v) is 2.19. The Hall–Kier alpha value is 0.776. The number of hydrogen-bond donors (Lipinski definition) is 0. The second-order valence-corrected chi connectivity index (χ2v) is 1.18. The molecule has 1 heterocycles. The Morgan fingerprint density at radius 1 is 1.75 bits per heavy atom. The first-order chi connectivity index (χ1) is 3.43. The van der Waals surface area contributed by atoms with Crippen molar-refractivity contribution in [3.63, 3.8) is 0 Å². The minimum absolute atomic E-state index is 0. The molecule has 0 bridgehead atoms. The molecule has 0 atom stereocenters. The maximum Gasteiger partial charge on any atom is 1.00 e. The van der Waals surface area contributed by atoms with E-state index in [1.54, 1.807) is 4.68 Å². The van der Waals surface area contributed by atoms with E-state index in [2.05, 4.69) is 16.4 Å². The molecule has 0 N–H and O–H groups in total. The second kappa shape index (κ2) is 4.64. The Bertz CT molecular complexity index is 126. The van der Waals surface area contributed by atoms with E-state index >= 15 is 0 Å². The normalized spacial score (nSPS) is 8.12. The van der Waals surface area contributed by atoms with Crippen molar-refractivity contribution in [3.8, 4) is 0 Å². The summed E-state index contributed by atoms with van der Waals surface area (Å²) in [5, 5.41) is 3.78. The van der Waals surface area contributed by atoms with Crippen LogP contribution >= 0.6 is 0 Å². The minimum atomic E-state index is 0. The average Bonchev–Trinajstić information content (AvgIpc) is 2.14. The van der Waals surface area contributed by atoms with Crippen LogP contribution < -0.4 is 51.4 Å². The monoisotopic (exact) mass is 135 g/mol. The van der Waals surface area contributed by atoms with Crippen LogP contribution in [-0.2, 0) is 6.54 Å². The molecule has 0 fully saturated rings. The predicted octanol–water partition coefficient (Wildman–Crippen LogP) is -2.90. The first-order valence-electron chi connectivity index (χ1n) is 2.19. The van der Waals surface area contributed by atoms with Crippen LogP contribution in [0.4, 0.5) is 0 Å². The Morgan fingerprint density at radius 2 is 2.50 bits per heavy atom. The van der Waals surface area contributed by atoms with Crippen molar-refractivity contribution in [1.29, 1.82) is 0 Å². The van der Waals surface area contributed by atoms with Gasteiger partial charge >= 0.3 is 51.4 Å². The van der Waals surface area contributed by atoms with Crippen molar-refractivity contribution in [2.75, 3.05) is 0 Å². The van der Waals surface area contributed by atoms with Gasteiger partial charge in [0.1, 0.15) is 0 Å². The molecule has 0 unspecified atom stereocenters. The fourth-order valence-corrected chi connectivity index (χ4v) is 0.359. The van der Waals surface area contributed by atoms with Gasteiger partial charge in [0.25, 0.3) is 0 Å². The third-order valence-electron chi connectivity index (χ3n) is 0.721. The van der Waals surface area contributed by atoms with Crippen molar-refractivity contribution < 1.29 is 51.4 Å². The summed E-state index contributed by atoms with van der Waals surface area (Å²) < 4.78 is 1.64. The zero-order chi connectivity index (χ0) is 5.11. The molecule has 0 saturated heterocycles. The molecule has 3 nitrogen and oxygen atoms in total. The Labute approximate surface area is 90.9 Å². The van der Waals surface area contributed by atoms with Gasteiger partial charge in [-0.15, -0.1) is 0 Å². The van der Waals surface area contributed by atoms with Gasteiger partial charge in [0.2, 0.25) is 0 Å². The molecule has 0 radical (unpaired) electrons. The maximum atomic E-state index is 3.78. The molecule has 0 aromatic carbocycles. The molecule has 0 saturated carbocycles. The van der Waals surface area contributed by atoms with Gasteiger partial charge < -0.3 is 9.67 Å². The van der Waals surface area contributed by atoms with Crippen LogP contribution in [0, 0.1) is 6.33 Å². The Balaban J connectivity index is 0.000000490. The standard InChI is InChI=1S/C4H6N3.K/c1-2-7-4-5-3-6-7;/h3H,2H2,1H3;/q-1;+1. The maximum absolute atomic E-state index is 3.78. The minimum Gasteiger partial charge on any atom is -0.421 e. The summed E-state index contributed by atoms with van der Waals surface area (Å²) in [6.45, 7) is 2.84. The molecule has 0 aliphatic carbocycles. The van der Waals surface area contributed by atoms with Crippen LogP contribution in [0.5, 0.6) is 0 Å². The van der Waals surface area contributed by atoms with Gasteiger partial charge in [-0.2, -0.15) is 0 Å². The van der Waals surface area contributed by atoms with E-state index in [1.807, 2.05) is 6.92 Å². The zero-order valence-electron chi connectivity index (χ0n) is 5.13. The zero-order valence-corrected chi connectivity index (χ0v) is 8.25. The van der Waals surface area contributed by atoms with Crippen molar-refractivity contribution >= 4 is 0 Å². The van der Waals surface area contributed by atoms with Crippen LogP contribution in [0.15, 0.2) is 6.33 Å². The number of aryl methyl sites for hydroxylation is 1. The smallest absolute Gasteiger partial charge is 0.421 e. The summed E-state index contributed by atoms with van der Waals surface area (Å²) in [5.74, 6) is 0. The molecule has 1 aromatic rings. The van der Waals surface area contributed by atoms with Crippen LogP contribution in [-0.4, -0.2) is 14.8 Å². The Kier molecular flexibility index (Phi) is 5.09. The quantitative estimate of drug-likeness (QED) is 0.305. The molecule has 4 heteroatoms. The van der Waals surface area contributed by atoms with Crippen LogP contribution in [0.2, 0.25) is 0 Å². The molecule has 1 rings (SSSR count). The molecule has 0 aliphatic heterocycles. The summed E-state index contributed by atoms with van der Waals surface area (Å²) in [5.41, 5.74) is 0. The van der Waals surface area contributed by atoms with Gasteiger partial charge in [-0.3, -0.25) is 5.10 Å². The SMILES string of the molecule is CCn1[c-]ncn1.[K+]. The van der Waals surface area contributed by atoms with E-state index in [0.29, 0.717) is 0 Å². The fraction of sp³-hybridized carbons (Fsp3) is 0.500. The van der Waals surface area contributed by atoms with E-state index in [4.69, 9.17) is 0 Å². The molecular weight excluding hydrogens is 129 g/mol. The predicted molar refractivity (Wildman–Crippen MR) is 24.5 cm³/mol. The molecule has 0 amide bonds. The largest absolute Gasteiger partial charge is 1.00 e. The van der Waals surface area contributed by atoms with Crippen LogP contribution in [0.25, 0.3) is 0 Å². The van der Waals surface area contributed by atoms with E-state index in [1.165, 1.54) is 6.33 Å². The summed E-state index contributed by atoms with van der Waals surface area (Å²) in [6, 6.07) is 0. The van der Waals surface area contributed by atoms with E-state index < -0.39 is 0 Å². The number of hydrogen-bond acceptors (Lipinski definition) is 2. The van der Waals surface area contributed by atoms with Crippen molar-refractivity contribution in [2.45, 2.75) is 13.5 Å². The van der Waals surface area contributed by atoms with Gasteiger partial charge in [0, 0.05) is 6.54 Å². The summed E-state index contributed by atoms with van der Waals surface area (Å²) >= 11 is 0. The number of rotatable bonds is 1. The second-order valence-electron chi connectivity index (χ2n) is 1.18. The third-order valence-corrected chi connectivity index (χ3v) is 0.721. The first kappa shape index (κ1) is 8.78. The summed E-state index contributed by atoms with van der Waals surface area (Å²) in [6.07, 6.45) is 4.12. The van der Waals surface area contributed by atoms with Crippen molar-refractivity contribution in [3.05, 3.63) is 12.7 Å². The fourth-order valence-electron chi connectivity index (χ4n) is 0.359. The molecule has 0 aliphatic rings. The van der Waals surface area contributed by atoms with Gasteiger partial charge in [-0.25, -0.2) is 0 Å². The average molecular weight is 135 g/mol. The molecule has 8 heavy (non-hydrogen) atoms. The van der Waals surface area contributed by atoms with E-state index in [9.17, 15) is 0 Å². The van der Waals surface area contributed by atoms with E-state index in [0.717, 1.165) is 6.54 Å². The van der Waals surface area contributed by atoms with Gasteiger partial charge in [0.05, 0.1) is 0 Å². The summed E-state index contributed by atoms with van der Waals surface area (Å²) in [4.78, 5) is 3.62. The van der Waals surface area contributed by atoms with Gasteiger partial charge in [-0.05, 0) is 19.6 Å². The Morgan fingerprint density at radius 3 is 2.75 bits per heavy atom. The van der Waals surface area contributed by atoms with E-state index in [-0.39, 0.29) is 51.4 Å². The number of aromatic nitrogens is 3. The molecule has 1 aromatic heterocycles.